The van der Waals surface area contributed by atoms with Gasteiger partial charge in [0.25, 0.3) is 0 Å². The zero-order valence-electron chi connectivity index (χ0n) is 12.9. The smallest absolute Gasteiger partial charge is 0.186 e. The minimum Gasteiger partial charge on any atom is -0.289 e. The Morgan fingerprint density at radius 2 is 0.833 bits per heavy atom. The summed E-state index contributed by atoms with van der Waals surface area (Å²) in [6.07, 6.45) is 2.70. The van der Waals surface area contributed by atoms with Crippen molar-refractivity contribution in [2.45, 2.75) is 0 Å². The number of carbonyl (C=O) groups excluding carboxylic acids is 2. The molecular formula is C22H14O2. The molecule has 2 nitrogen and oxygen atoms in total. The average molecular weight is 310 g/mol. The molecule has 0 fully saturated rings. The number of allylic oxidation sites excluding steroid dienone is 2. The topological polar surface area (TPSA) is 34.1 Å². The van der Waals surface area contributed by atoms with Crippen LogP contribution in [0.15, 0.2) is 84.9 Å². The minimum atomic E-state index is -0.124. The van der Waals surface area contributed by atoms with E-state index in [1.54, 1.807) is 0 Å². The van der Waals surface area contributed by atoms with Gasteiger partial charge < -0.3 is 0 Å². The lowest BCUT2D eigenvalue weighted by atomic mass is 9.86. The second-order valence-electron chi connectivity index (χ2n) is 5.74. The van der Waals surface area contributed by atoms with Gasteiger partial charge in [0.1, 0.15) is 0 Å². The molecule has 0 aromatic heterocycles. The summed E-state index contributed by atoms with van der Waals surface area (Å²) in [6.45, 7) is 0. The van der Waals surface area contributed by atoms with Crippen LogP contribution in [0.25, 0.3) is 22.3 Å². The highest BCUT2D eigenvalue weighted by atomic mass is 16.1. The molecule has 0 saturated carbocycles. The van der Waals surface area contributed by atoms with Gasteiger partial charge in [-0.3, -0.25) is 9.59 Å². The summed E-state index contributed by atoms with van der Waals surface area (Å²) in [7, 11) is 0. The summed E-state index contributed by atoms with van der Waals surface area (Å²) in [4.78, 5) is 24.4. The fourth-order valence-corrected chi connectivity index (χ4v) is 3.05. The lowest BCUT2D eigenvalue weighted by Gasteiger charge is -2.16. The zero-order chi connectivity index (χ0) is 16.5. The van der Waals surface area contributed by atoms with Crippen molar-refractivity contribution in [2.75, 3.05) is 0 Å². The number of fused-ring (bicyclic) bond motifs is 1. The highest BCUT2D eigenvalue weighted by molar-refractivity contribution is 6.23. The maximum atomic E-state index is 12.2. The van der Waals surface area contributed by atoms with E-state index in [-0.39, 0.29) is 11.6 Å². The molecule has 0 saturated heterocycles. The van der Waals surface area contributed by atoms with E-state index in [4.69, 9.17) is 0 Å². The predicted molar refractivity (Wildman–Crippen MR) is 95.1 cm³/mol. The summed E-state index contributed by atoms with van der Waals surface area (Å²) in [5.74, 6) is -0.247. The molecule has 0 radical (unpaired) electrons. The van der Waals surface area contributed by atoms with Crippen molar-refractivity contribution in [1.82, 2.24) is 0 Å². The second kappa shape index (κ2) is 5.74. The van der Waals surface area contributed by atoms with E-state index in [0.29, 0.717) is 11.1 Å². The van der Waals surface area contributed by atoms with Crippen molar-refractivity contribution in [3.8, 4) is 22.3 Å². The van der Waals surface area contributed by atoms with Crippen molar-refractivity contribution < 1.29 is 9.59 Å². The van der Waals surface area contributed by atoms with Crippen LogP contribution >= 0.6 is 0 Å². The average Bonchev–Trinajstić information content (AvgIpc) is 2.65. The van der Waals surface area contributed by atoms with Gasteiger partial charge in [0.15, 0.2) is 11.6 Å². The van der Waals surface area contributed by atoms with Crippen molar-refractivity contribution in [2.24, 2.45) is 0 Å². The fourth-order valence-electron chi connectivity index (χ4n) is 3.05. The number of carbonyl (C=O) groups is 2. The minimum absolute atomic E-state index is 0.124. The molecule has 0 N–H and O–H groups in total. The summed E-state index contributed by atoms with van der Waals surface area (Å²) in [5.41, 5.74) is 4.90. The van der Waals surface area contributed by atoms with Gasteiger partial charge in [-0.25, -0.2) is 0 Å². The lowest BCUT2D eigenvalue weighted by Crippen LogP contribution is -2.12. The van der Waals surface area contributed by atoms with Crippen LogP contribution in [0.5, 0.6) is 0 Å². The van der Waals surface area contributed by atoms with Crippen molar-refractivity contribution in [3.05, 3.63) is 96.1 Å². The third-order valence-corrected chi connectivity index (χ3v) is 4.24. The van der Waals surface area contributed by atoms with Crippen molar-refractivity contribution >= 4 is 11.6 Å². The third kappa shape index (κ3) is 2.38. The van der Waals surface area contributed by atoms with Crippen LogP contribution in [0.3, 0.4) is 0 Å². The molecule has 0 aliphatic heterocycles. The first kappa shape index (κ1) is 14.3. The number of benzene rings is 3. The highest BCUT2D eigenvalue weighted by Gasteiger charge is 2.22. The van der Waals surface area contributed by atoms with Crippen LogP contribution in [0.4, 0.5) is 0 Å². The van der Waals surface area contributed by atoms with Gasteiger partial charge in [0.2, 0.25) is 0 Å². The number of ketones is 2. The lowest BCUT2D eigenvalue weighted by molar-refractivity contribution is 0.0994. The van der Waals surface area contributed by atoms with Gasteiger partial charge in [-0.2, -0.15) is 0 Å². The molecule has 0 bridgehead atoms. The van der Waals surface area contributed by atoms with Gasteiger partial charge >= 0.3 is 0 Å². The van der Waals surface area contributed by atoms with Gasteiger partial charge in [0.05, 0.1) is 0 Å². The normalized spacial score (nSPS) is 13.0. The highest BCUT2D eigenvalue weighted by Crippen LogP contribution is 2.35. The van der Waals surface area contributed by atoms with E-state index in [1.165, 1.54) is 12.2 Å². The maximum absolute atomic E-state index is 12.2. The van der Waals surface area contributed by atoms with Gasteiger partial charge in [0, 0.05) is 11.1 Å². The molecule has 1 aliphatic carbocycles. The molecule has 0 heterocycles. The number of rotatable bonds is 2. The van der Waals surface area contributed by atoms with Crippen LogP contribution in [0.1, 0.15) is 20.7 Å². The summed E-state index contributed by atoms with van der Waals surface area (Å²) >= 11 is 0. The Balaban J connectivity index is 2.03. The van der Waals surface area contributed by atoms with E-state index in [2.05, 4.69) is 0 Å². The SMILES string of the molecule is O=C1C=CC(=O)c2cc(-c3ccccc3)c(-c3ccccc3)cc21. The molecule has 0 amide bonds. The van der Waals surface area contributed by atoms with Crippen LogP contribution < -0.4 is 0 Å². The predicted octanol–water partition coefficient (Wildman–Crippen LogP) is 4.96. The first-order chi connectivity index (χ1) is 11.7. The Morgan fingerprint density at radius 1 is 0.458 bits per heavy atom. The maximum Gasteiger partial charge on any atom is 0.186 e. The third-order valence-electron chi connectivity index (χ3n) is 4.24. The molecule has 0 spiro atoms. The van der Waals surface area contributed by atoms with E-state index in [9.17, 15) is 9.59 Å². The van der Waals surface area contributed by atoms with Crippen LogP contribution in [0, 0.1) is 0 Å². The Bertz CT molecular complexity index is 887. The molecule has 0 atom stereocenters. The first-order valence-corrected chi connectivity index (χ1v) is 7.79. The summed E-state index contributed by atoms with van der Waals surface area (Å²) in [5, 5.41) is 0. The van der Waals surface area contributed by atoms with Crippen LogP contribution in [-0.2, 0) is 0 Å². The van der Waals surface area contributed by atoms with Crippen LogP contribution in [0.2, 0.25) is 0 Å². The molecule has 24 heavy (non-hydrogen) atoms. The van der Waals surface area contributed by atoms with Crippen molar-refractivity contribution in [1.29, 1.82) is 0 Å². The van der Waals surface area contributed by atoms with Gasteiger partial charge in [-0.1, -0.05) is 60.7 Å². The molecule has 3 aromatic rings. The van der Waals surface area contributed by atoms with E-state index in [1.807, 2.05) is 72.8 Å². The molecule has 2 heteroatoms. The molecule has 1 aliphatic rings. The molecule has 0 unspecified atom stereocenters. The van der Waals surface area contributed by atoms with E-state index in [0.717, 1.165) is 22.3 Å². The molecular weight excluding hydrogens is 296 g/mol. The largest absolute Gasteiger partial charge is 0.289 e. The quantitative estimate of drug-likeness (QED) is 0.670. The second-order valence-corrected chi connectivity index (χ2v) is 5.74. The zero-order valence-corrected chi connectivity index (χ0v) is 12.9. The Hall–Kier alpha value is -3.26. The summed E-state index contributed by atoms with van der Waals surface area (Å²) in [6, 6.07) is 23.5. The van der Waals surface area contributed by atoms with Crippen molar-refractivity contribution in [3.63, 3.8) is 0 Å². The Kier molecular flexibility index (Phi) is 3.43. The first-order valence-electron chi connectivity index (χ1n) is 7.79. The molecule has 114 valence electrons. The standard InChI is InChI=1S/C22H14O2/c23-21-11-12-22(24)20-14-18(16-9-5-2-6-10-16)17(13-19(20)21)15-7-3-1-4-8-15/h1-14H. The monoisotopic (exact) mass is 310 g/mol. The Morgan fingerprint density at radius 3 is 1.21 bits per heavy atom. The Labute approximate surface area is 140 Å². The fraction of sp³-hybridized carbons (Fsp3) is 0. The summed E-state index contributed by atoms with van der Waals surface area (Å²) < 4.78 is 0. The van der Waals surface area contributed by atoms with E-state index >= 15 is 0 Å². The van der Waals surface area contributed by atoms with Gasteiger partial charge in [-0.15, -0.1) is 0 Å². The van der Waals surface area contributed by atoms with E-state index < -0.39 is 0 Å². The number of hydrogen-bond donors (Lipinski definition) is 0. The van der Waals surface area contributed by atoms with Gasteiger partial charge in [-0.05, 0) is 46.5 Å². The molecule has 4 rings (SSSR count). The van der Waals surface area contributed by atoms with Crippen LogP contribution in [-0.4, -0.2) is 11.6 Å². The molecule has 3 aromatic carbocycles. The number of hydrogen-bond acceptors (Lipinski definition) is 2.